The number of carbonyl (C=O) groups is 2. The number of nitrogens with one attached hydrogen (secondary N) is 1. The van der Waals surface area contributed by atoms with E-state index >= 15 is 0 Å². The lowest BCUT2D eigenvalue weighted by atomic mass is 10.2. The minimum Gasteiger partial charge on any atom is -0.463 e. The van der Waals surface area contributed by atoms with Crippen LogP contribution >= 0.6 is 0 Å². The summed E-state index contributed by atoms with van der Waals surface area (Å²) >= 11 is 0. The molecule has 0 radical (unpaired) electrons. The van der Waals surface area contributed by atoms with Gasteiger partial charge in [0.1, 0.15) is 0 Å². The third kappa shape index (κ3) is 14.6. The highest BCUT2D eigenvalue weighted by molar-refractivity contribution is 5.87. The van der Waals surface area contributed by atoms with Gasteiger partial charge in [-0.3, -0.25) is 4.79 Å². The topological polar surface area (TPSA) is 55.4 Å². The molecule has 0 heterocycles. The Kier molecular flexibility index (Phi) is 12.9. The first-order valence-corrected chi connectivity index (χ1v) is 8.00. The van der Waals surface area contributed by atoms with Gasteiger partial charge in [-0.1, -0.05) is 38.2 Å². The van der Waals surface area contributed by atoms with Crippen molar-refractivity contribution >= 4 is 11.9 Å². The van der Waals surface area contributed by atoms with Gasteiger partial charge in [0.2, 0.25) is 5.91 Å². The molecule has 1 N–H and O–H groups in total. The number of allylic oxidation sites excluding steroid dienone is 4. The summed E-state index contributed by atoms with van der Waals surface area (Å²) in [7, 11) is 0. The maximum absolute atomic E-state index is 11.4. The molecule has 0 aromatic rings. The SMILES string of the molecule is CCOC(=O)C=CCCCCC=CC=CC(=O)NCC(C)C. The quantitative estimate of drug-likeness (QED) is 0.275. The molecule has 0 aromatic carbocycles. The van der Waals surface area contributed by atoms with Crippen molar-refractivity contribution in [2.75, 3.05) is 13.2 Å². The van der Waals surface area contributed by atoms with Gasteiger partial charge in [0.15, 0.2) is 0 Å². The fourth-order valence-electron chi connectivity index (χ4n) is 1.58. The van der Waals surface area contributed by atoms with E-state index in [9.17, 15) is 9.59 Å². The van der Waals surface area contributed by atoms with Crippen LogP contribution in [0.4, 0.5) is 0 Å². The molecule has 0 unspecified atom stereocenters. The van der Waals surface area contributed by atoms with Crippen molar-refractivity contribution in [1.29, 1.82) is 0 Å². The molecule has 22 heavy (non-hydrogen) atoms. The zero-order chi connectivity index (χ0) is 16.6. The minimum absolute atomic E-state index is 0.0533. The lowest BCUT2D eigenvalue weighted by molar-refractivity contribution is -0.137. The lowest BCUT2D eigenvalue weighted by Crippen LogP contribution is -2.25. The Labute approximate surface area is 134 Å². The normalized spacial score (nSPS) is 11.8. The number of unbranched alkanes of at least 4 members (excludes halogenated alkanes) is 3. The minimum atomic E-state index is -0.275. The molecule has 4 nitrogen and oxygen atoms in total. The van der Waals surface area contributed by atoms with Gasteiger partial charge in [0.05, 0.1) is 6.61 Å². The molecular formula is C18H29NO3. The van der Waals surface area contributed by atoms with Crippen molar-refractivity contribution in [3.63, 3.8) is 0 Å². The highest BCUT2D eigenvalue weighted by Crippen LogP contribution is 2.02. The molecule has 0 aromatic heterocycles. The fraction of sp³-hybridized carbons (Fsp3) is 0.556. The van der Waals surface area contributed by atoms with Crippen LogP contribution in [-0.4, -0.2) is 25.0 Å². The molecule has 124 valence electrons. The van der Waals surface area contributed by atoms with Crippen LogP contribution in [0, 0.1) is 5.92 Å². The summed E-state index contributed by atoms with van der Waals surface area (Å²) in [6.07, 6.45) is 14.5. The summed E-state index contributed by atoms with van der Waals surface area (Å²) in [5, 5.41) is 2.82. The van der Waals surface area contributed by atoms with Crippen LogP contribution in [0.2, 0.25) is 0 Å². The molecule has 0 saturated carbocycles. The van der Waals surface area contributed by atoms with Crippen LogP contribution in [0.25, 0.3) is 0 Å². The van der Waals surface area contributed by atoms with Crippen LogP contribution in [0.1, 0.15) is 46.5 Å². The van der Waals surface area contributed by atoms with E-state index in [2.05, 4.69) is 19.2 Å². The Bertz CT molecular complexity index is 395. The summed E-state index contributed by atoms with van der Waals surface area (Å²) in [6.45, 7) is 7.03. The van der Waals surface area contributed by atoms with Gasteiger partial charge >= 0.3 is 5.97 Å². The van der Waals surface area contributed by atoms with Gasteiger partial charge in [0.25, 0.3) is 0 Å². The molecule has 0 aliphatic heterocycles. The molecule has 0 saturated heterocycles. The fourth-order valence-corrected chi connectivity index (χ4v) is 1.58. The highest BCUT2D eigenvalue weighted by atomic mass is 16.5. The van der Waals surface area contributed by atoms with E-state index in [0.717, 1.165) is 25.7 Å². The monoisotopic (exact) mass is 307 g/mol. The van der Waals surface area contributed by atoms with Crippen LogP contribution in [-0.2, 0) is 14.3 Å². The summed E-state index contributed by atoms with van der Waals surface area (Å²) in [6, 6.07) is 0. The number of amides is 1. The van der Waals surface area contributed by atoms with Gasteiger partial charge in [-0.15, -0.1) is 0 Å². The second-order valence-electron chi connectivity index (χ2n) is 5.37. The lowest BCUT2D eigenvalue weighted by Gasteiger charge is -2.03. The molecule has 4 heteroatoms. The predicted octanol–water partition coefficient (Wildman–Crippen LogP) is 3.55. The number of esters is 1. The Morgan fingerprint density at radius 3 is 2.36 bits per heavy atom. The molecule has 0 spiro atoms. The summed E-state index contributed by atoms with van der Waals surface area (Å²) in [5.74, 6) is 0.136. The Balaban J connectivity index is 3.58. The van der Waals surface area contributed by atoms with Gasteiger partial charge in [-0.25, -0.2) is 4.79 Å². The second-order valence-corrected chi connectivity index (χ2v) is 5.37. The number of hydrogen-bond donors (Lipinski definition) is 1. The average molecular weight is 307 g/mol. The predicted molar refractivity (Wildman–Crippen MR) is 90.4 cm³/mol. The smallest absolute Gasteiger partial charge is 0.330 e. The highest BCUT2D eigenvalue weighted by Gasteiger charge is 1.95. The van der Waals surface area contributed by atoms with E-state index in [0.29, 0.717) is 19.1 Å². The zero-order valence-electron chi connectivity index (χ0n) is 14.0. The van der Waals surface area contributed by atoms with Crippen molar-refractivity contribution in [3.05, 3.63) is 36.5 Å². The number of ether oxygens (including phenoxy) is 1. The number of rotatable bonds is 11. The van der Waals surface area contributed by atoms with Gasteiger partial charge in [0, 0.05) is 18.7 Å². The molecule has 0 atom stereocenters. The van der Waals surface area contributed by atoms with Crippen LogP contribution < -0.4 is 5.32 Å². The first-order chi connectivity index (χ1) is 10.6. The molecular weight excluding hydrogens is 278 g/mol. The first-order valence-electron chi connectivity index (χ1n) is 8.00. The van der Waals surface area contributed by atoms with Crippen LogP contribution in [0.15, 0.2) is 36.5 Å². The summed E-state index contributed by atoms with van der Waals surface area (Å²) in [4.78, 5) is 22.4. The van der Waals surface area contributed by atoms with Crippen LogP contribution in [0.5, 0.6) is 0 Å². The van der Waals surface area contributed by atoms with Crippen molar-refractivity contribution in [2.24, 2.45) is 5.92 Å². The van der Waals surface area contributed by atoms with Crippen molar-refractivity contribution < 1.29 is 14.3 Å². The summed E-state index contributed by atoms with van der Waals surface area (Å²) < 4.78 is 4.79. The largest absolute Gasteiger partial charge is 0.463 e. The maximum Gasteiger partial charge on any atom is 0.330 e. The average Bonchev–Trinajstić information content (AvgIpc) is 2.47. The maximum atomic E-state index is 11.4. The van der Waals surface area contributed by atoms with Gasteiger partial charge < -0.3 is 10.1 Å². The van der Waals surface area contributed by atoms with E-state index in [1.807, 2.05) is 18.2 Å². The van der Waals surface area contributed by atoms with E-state index < -0.39 is 0 Å². The zero-order valence-corrected chi connectivity index (χ0v) is 14.0. The Hall–Kier alpha value is -1.84. The van der Waals surface area contributed by atoms with Crippen molar-refractivity contribution in [2.45, 2.75) is 46.5 Å². The third-order valence-electron chi connectivity index (χ3n) is 2.71. The molecule has 1 amide bonds. The van der Waals surface area contributed by atoms with E-state index in [4.69, 9.17) is 4.74 Å². The molecule has 0 aliphatic carbocycles. The number of hydrogen-bond acceptors (Lipinski definition) is 3. The molecule has 0 bridgehead atoms. The standard InChI is InChI=1S/C18H29NO3/c1-4-22-18(21)14-12-10-8-6-5-7-9-11-13-17(20)19-15-16(2)3/h7,9,11-14,16H,4-6,8,10,15H2,1-3H3,(H,19,20). The van der Waals surface area contributed by atoms with Crippen molar-refractivity contribution in [3.8, 4) is 0 Å². The van der Waals surface area contributed by atoms with E-state index in [-0.39, 0.29) is 11.9 Å². The Morgan fingerprint density at radius 1 is 1.05 bits per heavy atom. The van der Waals surface area contributed by atoms with Gasteiger partial charge in [-0.05, 0) is 38.5 Å². The molecule has 0 fully saturated rings. The van der Waals surface area contributed by atoms with Gasteiger partial charge in [-0.2, -0.15) is 0 Å². The third-order valence-corrected chi connectivity index (χ3v) is 2.71. The molecule has 0 rings (SSSR count). The van der Waals surface area contributed by atoms with E-state index in [1.165, 1.54) is 6.08 Å². The number of carbonyl (C=O) groups excluding carboxylic acids is 2. The second kappa shape index (κ2) is 14.1. The van der Waals surface area contributed by atoms with E-state index in [1.54, 1.807) is 19.1 Å². The van der Waals surface area contributed by atoms with Crippen LogP contribution in [0.3, 0.4) is 0 Å². The summed E-state index contributed by atoms with van der Waals surface area (Å²) in [5.41, 5.74) is 0. The molecule has 0 aliphatic rings. The van der Waals surface area contributed by atoms with Crippen molar-refractivity contribution in [1.82, 2.24) is 5.32 Å². The first kappa shape index (κ1) is 20.2. The Morgan fingerprint density at radius 2 is 1.73 bits per heavy atom.